The zero-order chi connectivity index (χ0) is 19.4. The highest BCUT2D eigenvalue weighted by molar-refractivity contribution is 14.0. The van der Waals surface area contributed by atoms with E-state index in [1.165, 1.54) is 0 Å². The molecule has 2 aliphatic heterocycles. The van der Waals surface area contributed by atoms with Crippen LogP contribution in [0.2, 0.25) is 0 Å². The number of hydrogen-bond donors (Lipinski definition) is 2. The maximum absolute atomic E-state index is 11.7. The van der Waals surface area contributed by atoms with Crippen LogP contribution in [-0.4, -0.2) is 104 Å². The Morgan fingerprint density at radius 2 is 1.85 bits per heavy atom. The van der Waals surface area contributed by atoms with Crippen molar-refractivity contribution in [3.63, 3.8) is 0 Å². The van der Waals surface area contributed by atoms with Crippen molar-refractivity contribution in [1.29, 1.82) is 0 Å². The number of hydrogen-bond acceptors (Lipinski definition) is 5. The highest BCUT2D eigenvalue weighted by Crippen LogP contribution is 2.18. The summed E-state index contributed by atoms with van der Waals surface area (Å²) in [4.78, 5) is 22.9. The van der Waals surface area contributed by atoms with E-state index in [0.717, 1.165) is 65.0 Å². The molecule has 0 aromatic rings. The van der Waals surface area contributed by atoms with Crippen LogP contribution in [0.5, 0.6) is 0 Å². The SMILES string of the molecule is CN=C(NCCN1CCOCC1(C)C)N1CCN(C(C)(C)C(N)=O)CC1.I. The molecule has 0 aromatic carbocycles. The normalized spacial score (nSPS) is 22.3. The predicted octanol–water partition coefficient (Wildman–Crippen LogP) is 0.172. The average Bonchev–Trinajstić information content (AvgIpc) is 2.60. The number of morpholine rings is 1. The van der Waals surface area contributed by atoms with Gasteiger partial charge in [0.25, 0.3) is 0 Å². The van der Waals surface area contributed by atoms with E-state index >= 15 is 0 Å². The van der Waals surface area contributed by atoms with E-state index in [0.29, 0.717) is 0 Å². The Labute approximate surface area is 180 Å². The molecule has 2 aliphatic rings. The average molecular weight is 496 g/mol. The zero-order valence-electron chi connectivity index (χ0n) is 17.5. The van der Waals surface area contributed by atoms with E-state index in [1.54, 1.807) is 0 Å². The smallest absolute Gasteiger partial charge is 0.237 e. The Hall–Kier alpha value is -0.650. The summed E-state index contributed by atoms with van der Waals surface area (Å²) in [5.74, 6) is 0.647. The van der Waals surface area contributed by atoms with Crippen molar-refractivity contribution in [3.05, 3.63) is 0 Å². The van der Waals surface area contributed by atoms with Crippen LogP contribution in [0.25, 0.3) is 0 Å². The Kier molecular flexibility index (Phi) is 9.23. The van der Waals surface area contributed by atoms with Crippen LogP contribution >= 0.6 is 24.0 Å². The molecule has 3 N–H and O–H groups in total. The Morgan fingerprint density at radius 3 is 2.37 bits per heavy atom. The molecule has 0 aliphatic carbocycles. The second-order valence-electron chi connectivity index (χ2n) is 8.22. The Morgan fingerprint density at radius 1 is 1.22 bits per heavy atom. The molecule has 2 saturated heterocycles. The van der Waals surface area contributed by atoms with Gasteiger partial charge in [-0.1, -0.05) is 0 Å². The monoisotopic (exact) mass is 496 g/mol. The van der Waals surface area contributed by atoms with Crippen molar-refractivity contribution in [3.8, 4) is 0 Å². The lowest BCUT2D eigenvalue weighted by Crippen LogP contribution is -2.61. The van der Waals surface area contributed by atoms with Gasteiger partial charge in [-0.25, -0.2) is 0 Å². The van der Waals surface area contributed by atoms with Crippen LogP contribution in [0, 0.1) is 0 Å². The standard InChI is InChI=1S/C18H36N6O2.HI/c1-17(2)14-26-13-12-23(17)7-6-21-16(20-5)22-8-10-24(11-9-22)18(3,4)15(19)25;/h6-14H2,1-5H3,(H2,19,25)(H,20,21);1H. The van der Waals surface area contributed by atoms with Crippen molar-refractivity contribution in [2.75, 3.05) is 66.1 Å². The molecule has 0 spiro atoms. The number of carbonyl (C=O) groups is 1. The van der Waals surface area contributed by atoms with Crippen LogP contribution in [0.1, 0.15) is 27.7 Å². The number of primary amides is 1. The first-order valence-corrected chi connectivity index (χ1v) is 9.52. The Balaban J connectivity index is 0.00000364. The minimum Gasteiger partial charge on any atom is -0.378 e. The molecular formula is C18H37IN6O2. The molecule has 0 unspecified atom stereocenters. The third-order valence-corrected chi connectivity index (χ3v) is 5.67. The number of amides is 1. The molecule has 0 bridgehead atoms. The summed E-state index contributed by atoms with van der Waals surface area (Å²) in [6.07, 6.45) is 0. The van der Waals surface area contributed by atoms with Gasteiger partial charge >= 0.3 is 0 Å². The maximum Gasteiger partial charge on any atom is 0.237 e. The molecule has 0 saturated carbocycles. The first-order valence-electron chi connectivity index (χ1n) is 9.52. The highest BCUT2D eigenvalue weighted by atomic mass is 127. The number of ether oxygens (including phenoxy) is 1. The number of nitrogens with zero attached hydrogens (tertiary/aromatic N) is 4. The molecule has 0 aromatic heterocycles. The van der Waals surface area contributed by atoms with Crippen LogP contribution in [-0.2, 0) is 9.53 Å². The van der Waals surface area contributed by atoms with Crippen LogP contribution in [0.4, 0.5) is 0 Å². The van der Waals surface area contributed by atoms with Crippen LogP contribution in [0.15, 0.2) is 4.99 Å². The van der Waals surface area contributed by atoms with E-state index in [2.05, 4.69) is 38.9 Å². The summed E-state index contributed by atoms with van der Waals surface area (Å²) in [5.41, 5.74) is 5.01. The van der Waals surface area contributed by atoms with Crippen molar-refractivity contribution in [2.45, 2.75) is 38.8 Å². The minimum absolute atomic E-state index is 0. The molecule has 0 atom stereocenters. The summed E-state index contributed by atoms with van der Waals surface area (Å²) >= 11 is 0. The number of halogens is 1. The van der Waals surface area contributed by atoms with Crippen LogP contribution in [0.3, 0.4) is 0 Å². The second-order valence-corrected chi connectivity index (χ2v) is 8.22. The number of piperazine rings is 1. The molecule has 1 amide bonds. The van der Waals surface area contributed by atoms with Gasteiger partial charge in [-0.3, -0.25) is 19.6 Å². The molecule has 9 heteroatoms. The van der Waals surface area contributed by atoms with E-state index in [1.807, 2.05) is 20.9 Å². The van der Waals surface area contributed by atoms with E-state index < -0.39 is 5.54 Å². The lowest BCUT2D eigenvalue weighted by Gasteiger charge is -2.43. The number of aliphatic imine (C=N–C) groups is 1. The lowest BCUT2D eigenvalue weighted by molar-refractivity contribution is -0.129. The third-order valence-electron chi connectivity index (χ3n) is 5.67. The molecule has 2 rings (SSSR count). The molecule has 158 valence electrons. The van der Waals surface area contributed by atoms with E-state index in [-0.39, 0.29) is 35.4 Å². The van der Waals surface area contributed by atoms with Crippen molar-refractivity contribution < 1.29 is 9.53 Å². The summed E-state index contributed by atoms with van der Waals surface area (Å²) in [6.45, 7) is 15.8. The molecule has 8 nitrogen and oxygen atoms in total. The lowest BCUT2D eigenvalue weighted by atomic mass is 10.0. The quantitative estimate of drug-likeness (QED) is 0.321. The largest absolute Gasteiger partial charge is 0.378 e. The van der Waals surface area contributed by atoms with Crippen molar-refractivity contribution >= 4 is 35.8 Å². The van der Waals surface area contributed by atoms with Crippen molar-refractivity contribution in [2.24, 2.45) is 10.7 Å². The number of rotatable bonds is 5. The number of guanidine groups is 1. The first kappa shape index (κ1) is 24.4. The van der Waals surface area contributed by atoms with Gasteiger partial charge in [0.15, 0.2) is 5.96 Å². The van der Waals surface area contributed by atoms with E-state index in [9.17, 15) is 4.79 Å². The second kappa shape index (κ2) is 10.2. The zero-order valence-corrected chi connectivity index (χ0v) is 19.8. The maximum atomic E-state index is 11.7. The first-order chi connectivity index (χ1) is 12.2. The fourth-order valence-electron chi connectivity index (χ4n) is 3.57. The topological polar surface area (TPSA) is 86.4 Å². The molecular weight excluding hydrogens is 459 g/mol. The summed E-state index contributed by atoms with van der Waals surface area (Å²) in [5, 5.41) is 3.48. The molecule has 27 heavy (non-hydrogen) atoms. The molecule has 2 fully saturated rings. The van der Waals surface area contributed by atoms with E-state index in [4.69, 9.17) is 10.5 Å². The third kappa shape index (κ3) is 6.16. The summed E-state index contributed by atoms with van der Waals surface area (Å²) in [7, 11) is 1.82. The van der Waals surface area contributed by atoms with Gasteiger partial charge in [0.1, 0.15) is 0 Å². The van der Waals surface area contributed by atoms with Gasteiger partial charge in [-0.15, -0.1) is 24.0 Å². The minimum atomic E-state index is -0.606. The van der Waals surface area contributed by atoms with Gasteiger partial charge in [-0.2, -0.15) is 0 Å². The molecule has 2 heterocycles. The number of nitrogens with one attached hydrogen (secondary N) is 1. The Bertz CT molecular complexity index is 518. The fraction of sp³-hybridized carbons (Fsp3) is 0.889. The van der Waals surface area contributed by atoms with Gasteiger partial charge in [-0.05, 0) is 27.7 Å². The van der Waals surface area contributed by atoms with Gasteiger partial charge in [0.2, 0.25) is 5.91 Å². The predicted molar refractivity (Wildman–Crippen MR) is 120 cm³/mol. The van der Waals surface area contributed by atoms with Gasteiger partial charge < -0.3 is 20.7 Å². The number of nitrogens with two attached hydrogens (primary N) is 1. The molecule has 0 radical (unpaired) electrons. The van der Waals surface area contributed by atoms with Crippen LogP contribution < -0.4 is 11.1 Å². The summed E-state index contributed by atoms with van der Waals surface area (Å²) < 4.78 is 5.58. The van der Waals surface area contributed by atoms with Crippen molar-refractivity contribution in [1.82, 2.24) is 20.0 Å². The van der Waals surface area contributed by atoms with Gasteiger partial charge in [0, 0.05) is 58.4 Å². The van der Waals surface area contributed by atoms with Gasteiger partial charge in [0.05, 0.1) is 18.8 Å². The fourth-order valence-corrected chi connectivity index (χ4v) is 3.57. The number of carbonyl (C=O) groups excluding carboxylic acids is 1. The summed E-state index contributed by atoms with van der Waals surface area (Å²) in [6, 6.07) is 0. The highest BCUT2D eigenvalue weighted by Gasteiger charge is 2.35.